The third-order valence-corrected chi connectivity index (χ3v) is 25.6. The van der Waals surface area contributed by atoms with Crippen molar-refractivity contribution >= 4 is 271 Å². The van der Waals surface area contributed by atoms with E-state index in [1.807, 2.05) is 86.6 Å². The van der Waals surface area contributed by atoms with Gasteiger partial charge in [0.05, 0.1) is 33.1 Å². The molecular weight excluding hydrogens is 1250 g/mol. The Balaban J connectivity index is 1.05. The van der Waals surface area contributed by atoms with Crippen molar-refractivity contribution < 1.29 is 43.0 Å². The number of hydrogen-bond donors (Lipinski definition) is 1. The van der Waals surface area contributed by atoms with Gasteiger partial charge in [-0.25, -0.2) is 34.1 Å². The molecule has 422 valence electrons. The number of anilines is 1. The zero-order valence-corrected chi connectivity index (χ0v) is 51.3. The highest BCUT2D eigenvalue weighted by Gasteiger charge is 2.75. The number of nitrogens with one attached hydrogen (secondary N) is 1. The highest BCUT2D eigenvalue weighted by atomic mass is 127. The molecule has 1 N–H and O–H groups in total. The maximum absolute atomic E-state index is 17.7. The minimum atomic E-state index is -2.01. The molecule has 0 saturated heterocycles. The average molecular weight is 1290 g/mol. The van der Waals surface area contributed by atoms with Crippen molar-refractivity contribution in [2.75, 3.05) is 5.32 Å². The molecule has 25 aromatic rings. The molecular formula is C78H32INO11. The van der Waals surface area contributed by atoms with Crippen LogP contribution in [-0.2, 0) is 46.1 Å². The number of halogens is 1. The molecule has 2 heterocycles. The first-order valence-electron chi connectivity index (χ1n) is 31.7. The van der Waals surface area contributed by atoms with Gasteiger partial charge < -0.3 is 14.2 Å². The first kappa shape index (κ1) is 43.7. The Bertz CT molecular complexity index is 8030. The summed E-state index contributed by atoms with van der Waals surface area (Å²) in [5.74, 6) is -0.530. The molecule has 3 atom stereocenters. The van der Waals surface area contributed by atoms with E-state index in [1.54, 1.807) is 0 Å². The van der Waals surface area contributed by atoms with Gasteiger partial charge >= 0.3 is 5.63 Å². The summed E-state index contributed by atoms with van der Waals surface area (Å²) in [7, 11) is 0. The van der Waals surface area contributed by atoms with Gasteiger partial charge in [-0.1, -0.05) is 0 Å². The van der Waals surface area contributed by atoms with E-state index in [1.165, 1.54) is 108 Å². The molecule has 91 heavy (non-hydrogen) atoms. The summed E-state index contributed by atoms with van der Waals surface area (Å²) < 4.78 is 16.4. The largest absolute Gasteiger partial charge is 0.451 e. The normalized spacial score (nSPS) is 21.4. The van der Waals surface area contributed by atoms with Gasteiger partial charge in [-0.2, -0.15) is 0 Å². The number of amides is 1. The first-order valence-corrected chi connectivity index (χ1v) is 32.7. The van der Waals surface area contributed by atoms with Crippen molar-refractivity contribution in [2.45, 2.75) is 95.9 Å². The van der Waals surface area contributed by atoms with Gasteiger partial charge in [0.2, 0.25) is 5.60 Å². The first-order chi connectivity index (χ1) is 43.8. The van der Waals surface area contributed by atoms with Crippen LogP contribution in [-0.4, -0.2) is 22.7 Å². The van der Waals surface area contributed by atoms with Crippen molar-refractivity contribution in [1.82, 2.24) is 0 Å². The van der Waals surface area contributed by atoms with Crippen LogP contribution in [0.2, 0.25) is 0 Å². The molecule has 0 fully saturated rings. The molecule has 0 spiro atoms. The zero-order valence-electron chi connectivity index (χ0n) is 49.2. The number of carbonyl (C=O) groups is 1. The van der Waals surface area contributed by atoms with E-state index < -0.39 is 45.1 Å². The summed E-state index contributed by atoms with van der Waals surface area (Å²) in [6.45, 7) is 17.7. The van der Waals surface area contributed by atoms with Crippen LogP contribution in [0.15, 0.2) is 42.7 Å². The highest BCUT2D eigenvalue weighted by molar-refractivity contribution is 14.1. The molecule has 0 aliphatic heterocycles. The standard InChI is InChI=1S/C78H32INO11/c1-73(2,3)86-89-76-59-49-39-29-21-16-18-17-20-19(16)26-31(29)41-43-33(26)34-27(20)32-30-22(17)28-35-23(18)25-24(21)36(39)46-47-38(25)45(35)55-48-37(28)40(30)50-52-42(32)44(34)54-53(43)62(61(76)51(41)49)77(90-87-74(4,5)6)63(54)64(52)78(91-88-75(7,8)9,60(50)57(48)72(83)85-68(55)58(47)67(81)56(46)59)70-66(77)65(76)69(84-70)71(82)80-15-12-10-14(79)11-13-15/h10-13H,1-9H3,(H,80,82)/t76-,77-,78+/m0/s1. The smallest absolute Gasteiger partial charge is 0.344 e. The van der Waals surface area contributed by atoms with Gasteiger partial charge in [-0.3, -0.25) is 9.59 Å². The number of furan rings is 1. The number of rotatable bonds is 8. The van der Waals surface area contributed by atoms with E-state index in [0.717, 1.165) is 134 Å². The van der Waals surface area contributed by atoms with E-state index in [4.69, 9.17) is 38.2 Å². The second kappa shape index (κ2) is 11.0. The Morgan fingerprint density at radius 1 is 0.352 bits per heavy atom. The van der Waals surface area contributed by atoms with Gasteiger partial charge in [0, 0.05) is 129 Å². The van der Waals surface area contributed by atoms with Gasteiger partial charge in [-0.05, 0) is 249 Å². The summed E-state index contributed by atoms with van der Waals surface area (Å²) in [6.07, 6.45) is 0. The predicted octanol–water partition coefficient (Wildman–Crippen LogP) is 18.7. The number of carbonyl (C=O) groups excluding carboxylic acids is 1. The zero-order chi connectivity index (χ0) is 59.3. The maximum Gasteiger partial charge on any atom is 0.344 e. The second-order valence-corrected chi connectivity index (χ2v) is 33.0. The predicted molar refractivity (Wildman–Crippen MR) is 363 cm³/mol. The van der Waals surface area contributed by atoms with Crippen molar-refractivity contribution in [1.29, 1.82) is 0 Å². The minimum Gasteiger partial charge on any atom is -0.451 e. The average Bonchev–Trinajstić information content (AvgIpc) is 1.39. The molecule has 1 amide bonds. The van der Waals surface area contributed by atoms with Crippen LogP contribution in [0.3, 0.4) is 0 Å². The molecule has 0 bridgehead atoms. The SMILES string of the molecule is CC(C)(C)OO[C@@]12c3c4oc(C(=O)Nc5ccc(I)cc5)c3[C@@]3(OOC(C)(C)C)c5c1c1c6c2c2c7c8c(c9c(=O)oc%10c%11c(=O)c%12c3c3c5c5c1c1c%13c6c7c6c7c8c8c9c%10c9c%10c%11c%12c%11c3c3c5c1c1c(c%136)c5c7c8c9c6c%10c%11c3c1c65)[C@]42OOC(C)(C)C. The van der Waals surface area contributed by atoms with Crippen LogP contribution in [0.1, 0.15) is 123 Å². The lowest BCUT2D eigenvalue weighted by Gasteiger charge is -2.49. The Hall–Kier alpha value is -8.90. The number of hydrogen-bond acceptors (Lipinski definition) is 11. The molecule has 5 aliphatic rings. The fourth-order valence-corrected chi connectivity index (χ4v) is 24.0. The lowest BCUT2D eigenvalue weighted by Crippen LogP contribution is -2.51. The lowest BCUT2D eigenvalue weighted by atomic mass is 9.60. The van der Waals surface area contributed by atoms with Crippen LogP contribution < -0.4 is 16.4 Å². The summed E-state index contributed by atoms with van der Waals surface area (Å²) in [4.78, 5) is 97.0. The Labute approximate surface area is 516 Å². The minimum absolute atomic E-state index is 0.111. The van der Waals surface area contributed by atoms with Crippen LogP contribution in [0.4, 0.5) is 5.69 Å². The van der Waals surface area contributed by atoms with E-state index in [0.29, 0.717) is 49.7 Å². The van der Waals surface area contributed by atoms with Crippen LogP contribution in [0, 0.1) is 3.57 Å². The van der Waals surface area contributed by atoms with Crippen molar-refractivity contribution in [3.8, 4) is 0 Å². The third-order valence-electron chi connectivity index (χ3n) is 24.9. The maximum atomic E-state index is 17.7. The van der Waals surface area contributed by atoms with Gasteiger partial charge in [0.15, 0.2) is 33.7 Å². The van der Waals surface area contributed by atoms with Crippen LogP contribution in [0.25, 0.3) is 237 Å². The monoisotopic (exact) mass is 1290 g/mol. The summed E-state index contributed by atoms with van der Waals surface area (Å²) in [5.41, 5.74) is -3.90. The molecule has 0 unspecified atom stereocenters. The molecule has 0 radical (unpaired) electrons. The van der Waals surface area contributed by atoms with Gasteiger partial charge in [0.1, 0.15) is 0 Å². The van der Waals surface area contributed by atoms with Gasteiger partial charge in [0.25, 0.3) is 5.91 Å². The Morgan fingerprint density at radius 3 is 1.07 bits per heavy atom. The van der Waals surface area contributed by atoms with Crippen LogP contribution in [0.5, 0.6) is 0 Å². The van der Waals surface area contributed by atoms with Gasteiger partial charge in [-0.15, -0.1) is 0 Å². The number of fused-ring (bicyclic) bond motifs is 7. The topological polar surface area (TPSA) is 145 Å². The molecule has 12 nitrogen and oxygen atoms in total. The summed E-state index contributed by atoms with van der Waals surface area (Å²) >= 11 is 2.27. The molecule has 30 rings (SSSR count). The molecule has 13 heteroatoms. The van der Waals surface area contributed by atoms with E-state index in [2.05, 4.69) is 27.9 Å². The Morgan fingerprint density at radius 2 is 0.659 bits per heavy atom. The molecule has 0 saturated carbocycles. The quantitative estimate of drug-likeness (QED) is 0.0387. The van der Waals surface area contributed by atoms with Crippen LogP contribution >= 0.6 is 22.6 Å². The number of benzene rings is 16. The fourth-order valence-electron chi connectivity index (χ4n) is 23.6. The Kier molecular flexibility index (Phi) is 5.31. The van der Waals surface area contributed by atoms with E-state index >= 15 is 14.4 Å². The third kappa shape index (κ3) is 3.23. The summed E-state index contributed by atoms with van der Waals surface area (Å²) in [6, 6.07) is 7.67. The second-order valence-electron chi connectivity index (χ2n) is 31.8. The highest BCUT2D eigenvalue weighted by Crippen LogP contribution is 2.83. The van der Waals surface area contributed by atoms with Crippen molar-refractivity contribution in [3.63, 3.8) is 0 Å². The van der Waals surface area contributed by atoms with E-state index in [-0.39, 0.29) is 16.9 Å². The van der Waals surface area contributed by atoms with Crippen molar-refractivity contribution in [3.05, 3.63) is 105 Å². The fraction of sp³-hybridized carbons (Fsp3) is 0.192. The van der Waals surface area contributed by atoms with Crippen molar-refractivity contribution in [2.24, 2.45) is 0 Å². The summed E-state index contributed by atoms with van der Waals surface area (Å²) in [5, 5.41) is 48.8. The van der Waals surface area contributed by atoms with E-state index in [9.17, 15) is 0 Å². The lowest BCUT2D eigenvalue weighted by molar-refractivity contribution is -0.406. The molecule has 5 aliphatic carbocycles. The molecule has 2 aromatic heterocycles. The molecule has 23 aromatic carbocycles.